The molecule has 190 valence electrons. The van der Waals surface area contributed by atoms with Crippen molar-refractivity contribution in [3.8, 4) is 11.1 Å². The molecule has 4 aromatic carbocycles. The van der Waals surface area contributed by atoms with Crippen LogP contribution in [0.4, 0.5) is 5.82 Å². The molecule has 6 heteroatoms. The second kappa shape index (κ2) is 11.6. The summed E-state index contributed by atoms with van der Waals surface area (Å²) in [6.45, 7) is 5.19. The van der Waals surface area contributed by atoms with E-state index in [0.717, 1.165) is 43.4 Å². The number of aromatic nitrogens is 2. The van der Waals surface area contributed by atoms with Gasteiger partial charge < -0.3 is 10.2 Å². The fraction of sp³-hybridized carbons (Fsp3) is 0.156. The van der Waals surface area contributed by atoms with E-state index in [1.54, 1.807) is 6.33 Å². The molecule has 0 fully saturated rings. The second-order valence-electron chi connectivity index (χ2n) is 9.58. The van der Waals surface area contributed by atoms with Gasteiger partial charge in [0.25, 0.3) is 5.91 Å². The van der Waals surface area contributed by atoms with Crippen LogP contribution in [0.1, 0.15) is 35.3 Å². The predicted octanol–water partition coefficient (Wildman–Crippen LogP) is 7.72. The second-order valence-corrected chi connectivity index (χ2v) is 10.4. The van der Waals surface area contributed by atoms with E-state index in [-0.39, 0.29) is 11.9 Å². The highest BCUT2D eigenvalue weighted by atomic mass is 79.9. The Bertz CT molecular complexity index is 1570. The summed E-state index contributed by atoms with van der Waals surface area (Å²) in [6.07, 6.45) is 1.59. The molecular weight excluding hydrogens is 536 g/mol. The van der Waals surface area contributed by atoms with Gasteiger partial charge in [-0.15, -0.1) is 0 Å². The van der Waals surface area contributed by atoms with Crippen molar-refractivity contribution < 1.29 is 4.79 Å². The minimum absolute atomic E-state index is 0.0148. The van der Waals surface area contributed by atoms with Crippen molar-refractivity contribution in [3.63, 3.8) is 0 Å². The van der Waals surface area contributed by atoms with Crippen LogP contribution in [-0.4, -0.2) is 26.8 Å². The fourth-order valence-corrected chi connectivity index (χ4v) is 4.96. The number of benzene rings is 4. The van der Waals surface area contributed by atoms with E-state index in [9.17, 15) is 4.79 Å². The topological polar surface area (TPSA) is 58.1 Å². The molecule has 0 radical (unpaired) electrons. The van der Waals surface area contributed by atoms with Crippen molar-refractivity contribution in [3.05, 3.63) is 125 Å². The molecule has 0 aliphatic heterocycles. The Morgan fingerprint density at radius 1 is 0.816 bits per heavy atom. The van der Waals surface area contributed by atoms with Crippen LogP contribution >= 0.6 is 15.9 Å². The zero-order chi connectivity index (χ0) is 26.5. The quantitative estimate of drug-likeness (QED) is 0.209. The van der Waals surface area contributed by atoms with Gasteiger partial charge in [-0.2, -0.15) is 0 Å². The van der Waals surface area contributed by atoms with Gasteiger partial charge in [0.05, 0.1) is 11.1 Å². The molecule has 5 rings (SSSR count). The van der Waals surface area contributed by atoms with Gasteiger partial charge in [0.1, 0.15) is 12.1 Å². The number of halogens is 1. The molecule has 0 spiro atoms. The maximum Gasteiger partial charge on any atom is 0.255 e. The summed E-state index contributed by atoms with van der Waals surface area (Å²) in [5, 5.41) is 4.41. The lowest BCUT2D eigenvalue weighted by atomic mass is 10.0. The van der Waals surface area contributed by atoms with Crippen molar-refractivity contribution in [2.24, 2.45) is 0 Å². The molecule has 38 heavy (non-hydrogen) atoms. The van der Waals surface area contributed by atoms with Gasteiger partial charge >= 0.3 is 0 Å². The molecule has 0 saturated carbocycles. The highest BCUT2D eigenvalue weighted by molar-refractivity contribution is 9.10. The molecular formula is C32H29BrN4O. The normalized spacial score (nSPS) is 11.1. The van der Waals surface area contributed by atoms with Gasteiger partial charge in [-0.05, 0) is 82.4 Å². The smallest absolute Gasteiger partial charge is 0.255 e. The molecule has 0 atom stereocenters. The van der Waals surface area contributed by atoms with Gasteiger partial charge in [0.2, 0.25) is 0 Å². The average molecular weight is 566 g/mol. The van der Waals surface area contributed by atoms with E-state index in [1.165, 1.54) is 0 Å². The van der Waals surface area contributed by atoms with Crippen LogP contribution in [0.3, 0.4) is 0 Å². The number of nitrogens with one attached hydrogen (secondary N) is 1. The van der Waals surface area contributed by atoms with Crippen LogP contribution in [0.2, 0.25) is 0 Å². The van der Waals surface area contributed by atoms with Crippen molar-refractivity contribution in [1.29, 1.82) is 0 Å². The third-order valence-electron chi connectivity index (χ3n) is 6.30. The summed E-state index contributed by atoms with van der Waals surface area (Å²) in [6, 6.07) is 32.6. The number of hydrogen-bond donors (Lipinski definition) is 1. The highest BCUT2D eigenvalue weighted by Crippen LogP contribution is 2.29. The van der Waals surface area contributed by atoms with Crippen LogP contribution in [0.15, 0.2) is 108 Å². The standard InChI is InChI=1S/C32H29BrN4O/c1-22(2)36-31-28-18-26(15-16-30(28)34-21-35-31)25-12-8-11-24(17-25)20-37(19-23-9-4-3-5-10-23)32(38)27-13-6-7-14-29(27)33/h3-18,21-22H,19-20H2,1-2H3,(H,34,35,36). The average Bonchev–Trinajstić information content (AvgIpc) is 2.93. The van der Waals surface area contributed by atoms with E-state index < -0.39 is 0 Å². The van der Waals surface area contributed by atoms with Crippen molar-refractivity contribution in [2.75, 3.05) is 5.32 Å². The monoisotopic (exact) mass is 564 g/mol. The first kappa shape index (κ1) is 25.6. The third-order valence-corrected chi connectivity index (χ3v) is 6.99. The Labute approximate surface area is 231 Å². The van der Waals surface area contributed by atoms with Gasteiger partial charge in [0.15, 0.2) is 0 Å². The van der Waals surface area contributed by atoms with Crippen LogP contribution in [-0.2, 0) is 13.1 Å². The number of hydrogen-bond acceptors (Lipinski definition) is 4. The van der Waals surface area contributed by atoms with Crippen molar-refractivity contribution in [2.45, 2.75) is 33.0 Å². The van der Waals surface area contributed by atoms with E-state index in [1.807, 2.05) is 59.5 Å². The minimum Gasteiger partial charge on any atom is -0.367 e. The number of anilines is 1. The molecule has 0 aliphatic rings. The predicted molar refractivity (Wildman–Crippen MR) is 158 cm³/mol. The fourth-order valence-electron chi connectivity index (χ4n) is 4.50. The van der Waals surface area contributed by atoms with Crippen molar-refractivity contribution in [1.82, 2.24) is 14.9 Å². The number of carbonyl (C=O) groups is 1. The first-order valence-corrected chi connectivity index (χ1v) is 13.5. The Balaban J connectivity index is 1.47. The van der Waals surface area contributed by atoms with E-state index >= 15 is 0 Å². The number of carbonyl (C=O) groups excluding carboxylic acids is 1. The van der Waals surface area contributed by atoms with Crippen molar-refractivity contribution >= 4 is 38.6 Å². The number of fused-ring (bicyclic) bond motifs is 1. The van der Waals surface area contributed by atoms with Gasteiger partial charge in [0, 0.05) is 29.0 Å². The van der Waals surface area contributed by atoms with Gasteiger partial charge in [-0.3, -0.25) is 4.79 Å². The lowest BCUT2D eigenvalue weighted by Crippen LogP contribution is -2.30. The number of amides is 1. The lowest BCUT2D eigenvalue weighted by molar-refractivity contribution is 0.0729. The van der Waals surface area contributed by atoms with E-state index in [4.69, 9.17) is 0 Å². The first-order chi connectivity index (χ1) is 18.5. The summed E-state index contributed by atoms with van der Waals surface area (Å²) in [7, 11) is 0. The zero-order valence-electron chi connectivity index (χ0n) is 21.4. The molecule has 1 heterocycles. The van der Waals surface area contributed by atoms with Crippen LogP contribution in [0.5, 0.6) is 0 Å². The molecule has 0 aliphatic carbocycles. The number of nitrogens with zero attached hydrogens (tertiary/aromatic N) is 3. The van der Waals surface area contributed by atoms with E-state index in [0.29, 0.717) is 18.7 Å². The summed E-state index contributed by atoms with van der Waals surface area (Å²) >= 11 is 3.56. The first-order valence-electron chi connectivity index (χ1n) is 12.7. The van der Waals surface area contributed by atoms with E-state index in [2.05, 4.69) is 87.5 Å². The highest BCUT2D eigenvalue weighted by Gasteiger charge is 2.19. The molecule has 5 nitrogen and oxygen atoms in total. The molecule has 0 unspecified atom stereocenters. The molecule has 1 amide bonds. The summed E-state index contributed by atoms with van der Waals surface area (Å²) in [5.41, 5.74) is 5.85. The lowest BCUT2D eigenvalue weighted by Gasteiger charge is -2.24. The molecule has 5 aromatic rings. The molecule has 1 N–H and O–H groups in total. The molecule has 0 saturated heterocycles. The molecule has 0 bridgehead atoms. The van der Waals surface area contributed by atoms with Gasteiger partial charge in [-0.1, -0.05) is 66.7 Å². The largest absolute Gasteiger partial charge is 0.367 e. The van der Waals surface area contributed by atoms with Gasteiger partial charge in [-0.25, -0.2) is 9.97 Å². The van der Waals surface area contributed by atoms with Crippen LogP contribution in [0, 0.1) is 0 Å². The minimum atomic E-state index is -0.0148. The maximum absolute atomic E-state index is 13.7. The molecule has 1 aromatic heterocycles. The maximum atomic E-state index is 13.7. The summed E-state index contributed by atoms with van der Waals surface area (Å²) in [4.78, 5) is 24.5. The Hall–Kier alpha value is -4.03. The van der Waals surface area contributed by atoms with Crippen LogP contribution < -0.4 is 5.32 Å². The summed E-state index contributed by atoms with van der Waals surface area (Å²) in [5.74, 6) is 0.815. The summed E-state index contributed by atoms with van der Waals surface area (Å²) < 4.78 is 0.793. The third kappa shape index (κ3) is 5.92. The SMILES string of the molecule is CC(C)Nc1ncnc2ccc(-c3cccc(CN(Cc4ccccc4)C(=O)c4ccccc4Br)c3)cc12. The Morgan fingerprint density at radius 3 is 2.32 bits per heavy atom. The Kier molecular flexibility index (Phi) is 7.80. The number of rotatable bonds is 8. The van der Waals surface area contributed by atoms with Crippen LogP contribution in [0.25, 0.3) is 22.0 Å². The Morgan fingerprint density at radius 2 is 1.53 bits per heavy atom. The zero-order valence-corrected chi connectivity index (χ0v) is 23.0.